The molecule has 1 amide bonds. The van der Waals surface area contributed by atoms with E-state index in [4.69, 9.17) is 9.47 Å². The highest BCUT2D eigenvalue weighted by Crippen LogP contribution is 2.51. The van der Waals surface area contributed by atoms with Crippen LogP contribution in [0.2, 0.25) is 0 Å². The molecule has 3 rings (SSSR count). The van der Waals surface area contributed by atoms with Gasteiger partial charge in [-0.15, -0.1) is 0 Å². The summed E-state index contributed by atoms with van der Waals surface area (Å²) < 4.78 is 13.5. The van der Waals surface area contributed by atoms with Crippen LogP contribution < -0.4 is 5.43 Å². The van der Waals surface area contributed by atoms with Crippen molar-refractivity contribution in [1.29, 1.82) is 0 Å². The number of allylic oxidation sites excluding steroid dienone is 1. The van der Waals surface area contributed by atoms with E-state index in [1.807, 2.05) is 24.0 Å². The summed E-state index contributed by atoms with van der Waals surface area (Å²) in [7, 11) is 3.99. The highest BCUT2D eigenvalue weighted by Gasteiger charge is 2.63. The summed E-state index contributed by atoms with van der Waals surface area (Å²) in [6.45, 7) is 13.1. The molecule has 3 unspecified atom stereocenters. The molecule has 196 valence electrons. The van der Waals surface area contributed by atoms with Gasteiger partial charge in [-0.1, -0.05) is 57.2 Å². The third-order valence-corrected chi connectivity index (χ3v) is 7.62. The second kappa shape index (κ2) is 11.5. The quantitative estimate of drug-likeness (QED) is 0.395. The molecule has 2 fully saturated rings. The van der Waals surface area contributed by atoms with Crippen LogP contribution >= 0.6 is 0 Å². The highest BCUT2D eigenvalue weighted by atomic mass is 16.7. The van der Waals surface area contributed by atoms with Crippen LogP contribution in [0.1, 0.15) is 71.8 Å². The summed E-state index contributed by atoms with van der Waals surface area (Å²) in [5.74, 6) is -0.861. The minimum atomic E-state index is -1.03. The Bertz CT molecular complexity index is 840. The van der Waals surface area contributed by atoms with E-state index in [1.54, 1.807) is 0 Å². The van der Waals surface area contributed by atoms with Crippen molar-refractivity contribution in [3.8, 4) is 0 Å². The van der Waals surface area contributed by atoms with Crippen molar-refractivity contribution in [2.75, 3.05) is 40.4 Å². The molecule has 6 heteroatoms. The van der Waals surface area contributed by atoms with Gasteiger partial charge in [0.05, 0.1) is 19.1 Å². The van der Waals surface area contributed by atoms with Crippen molar-refractivity contribution in [3.05, 3.63) is 48.0 Å². The third-order valence-electron chi connectivity index (χ3n) is 7.62. The third kappa shape index (κ3) is 5.82. The number of benzene rings is 1. The maximum Gasteiger partial charge on any atom is 0.227 e. The maximum atomic E-state index is 14.3. The van der Waals surface area contributed by atoms with E-state index < -0.39 is 11.3 Å². The van der Waals surface area contributed by atoms with Gasteiger partial charge in [0.25, 0.3) is 0 Å². The van der Waals surface area contributed by atoms with E-state index in [1.165, 1.54) is 5.56 Å². The van der Waals surface area contributed by atoms with Gasteiger partial charge < -0.3 is 14.4 Å². The first kappa shape index (κ1) is 27.9. The van der Waals surface area contributed by atoms with Gasteiger partial charge >= 0.3 is 0 Å². The highest BCUT2D eigenvalue weighted by molar-refractivity contribution is 5.81. The second-order valence-electron chi connectivity index (χ2n) is 11.1. The predicted octanol–water partition coefficient (Wildman–Crippen LogP) is 4.98. The molecule has 0 radical (unpaired) electrons. The SMILES string of the molecule is CC/C=C\C1(C2(NN(C)C)CCC(c3ccccc3)CC2C(=O)N(CC)CC)OCC(C)(C)CO1. The van der Waals surface area contributed by atoms with Gasteiger partial charge in [-0.25, -0.2) is 10.4 Å². The van der Waals surface area contributed by atoms with Gasteiger partial charge in [0, 0.05) is 32.6 Å². The van der Waals surface area contributed by atoms with Crippen LogP contribution in [-0.2, 0) is 14.3 Å². The lowest BCUT2D eigenvalue weighted by molar-refractivity contribution is -0.322. The van der Waals surface area contributed by atoms with Crippen LogP contribution in [0.4, 0.5) is 0 Å². The van der Waals surface area contributed by atoms with Gasteiger partial charge in [-0.3, -0.25) is 4.79 Å². The zero-order valence-corrected chi connectivity index (χ0v) is 23.0. The smallest absolute Gasteiger partial charge is 0.227 e. The van der Waals surface area contributed by atoms with Gasteiger partial charge in [-0.05, 0) is 57.1 Å². The number of hydrazine groups is 1. The molecule has 1 aromatic rings. The van der Waals surface area contributed by atoms with Crippen LogP contribution in [0.5, 0.6) is 0 Å². The number of hydrogen-bond donors (Lipinski definition) is 1. The van der Waals surface area contributed by atoms with E-state index in [0.717, 1.165) is 25.7 Å². The molecule has 0 bridgehead atoms. The molecule has 1 N–H and O–H groups in total. The topological polar surface area (TPSA) is 54.0 Å². The summed E-state index contributed by atoms with van der Waals surface area (Å²) in [5, 5.41) is 1.97. The first-order chi connectivity index (χ1) is 16.6. The van der Waals surface area contributed by atoms with Crippen molar-refractivity contribution < 1.29 is 14.3 Å². The van der Waals surface area contributed by atoms with Gasteiger partial charge in [-0.2, -0.15) is 0 Å². The minimum Gasteiger partial charge on any atom is -0.344 e. The standard InChI is InChI=1S/C29H47N3O3/c1-8-11-18-29(34-21-27(4,5)22-35-29)28(30-31(6)7)19-17-24(23-15-13-12-14-16-23)20-25(28)26(33)32(9-2)10-3/h11-16,18,24-25,30H,8-10,17,19-22H2,1-7H3/b18-11-. The number of amides is 1. The summed E-state index contributed by atoms with van der Waals surface area (Å²) in [6, 6.07) is 10.6. The van der Waals surface area contributed by atoms with Crippen LogP contribution in [0.25, 0.3) is 0 Å². The fourth-order valence-corrected chi connectivity index (χ4v) is 5.77. The first-order valence-electron chi connectivity index (χ1n) is 13.4. The van der Waals surface area contributed by atoms with Crippen molar-refractivity contribution >= 4 is 5.91 Å². The van der Waals surface area contributed by atoms with Crippen LogP contribution in [-0.4, -0.2) is 67.5 Å². The average Bonchev–Trinajstić information content (AvgIpc) is 2.84. The van der Waals surface area contributed by atoms with Crippen molar-refractivity contribution in [3.63, 3.8) is 0 Å². The van der Waals surface area contributed by atoms with E-state index >= 15 is 0 Å². The molecule has 3 atom stereocenters. The molecular weight excluding hydrogens is 438 g/mol. The summed E-state index contributed by atoms with van der Waals surface area (Å²) in [5.41, 5.74) is 4.22. The van der Waals surface area contributed by atoms with Crippen molar-refractivity contribution in [1.82, 2.24) is 15.3 Å². The van der Waals surface area contributed by atoms with E-state index in [2.05, 4.69) is 82.5 Å². The Morgan fingerprint density at radius 2 is 1.71 bits per heavy atom. The van der Waals surface area contributed by atoms with Gasteiger partial charge in [0.2, 0.25) is 11.7 Å². The number of nitrogens with zero attached hydrogens (tertiary/aromatic N) is 2. The zero-order valence-electron chi connectivity index (χ0n) is 23.0. The minimum absolute atomic E-state index is 0.0809. The molecular formula is C29H47N3O3. The predicted molar refractivity (Wildman–Crippen MR) is 142 cm³/mol. The monoisotopic (exact) mass is 485 g/mol. The lowest BCUT2D eigenvalue weighted by atomic mass is 9.62. The van der Waals surface area contributed by atoms with E-state index in [-0.39, 0.29) is 17.2 Å². The molecule has 1 saturated carbocycles. The molecule has 6 nitrogen and oxygen atoms in total. The van der Waals surface area contributed by atoms with Crippen LogP contribution in [0.3, 0.4) is 0 Å². The Hall–Kier alpha value is -1.73. The van der Waals surface area contributed by atoms with Crippen molar-refractivity contribution in [2.24, 2.45) is 11.3 Å². The van der Waals surface area contributed by atoms with Crippen LogP contribution in [0, 0.1) is 11.3 Å². The molecule has 0 aromatic heterocycles. The Morgan fingerprint density at radius 1 is 1.09 bits per heavy atom. The fraction of sp³-hybridized carbons (Fsp3) is 0.690. The Balaban J connectivity index is 2.15. The summed E-state index contributed by atoms with van der Waals surface area (Å²) >= 11 is 0. The molecule has 2 aliphatic rings. The number of nitrogens with one attached hydrogen (secondary N) is 1. The molecule has 35 heavy (non-hydrogen) atoms. The fourth-order valence-electron chi connectivity index (χ4n) is 5.77. The number of carbonyl (C=O) groups excluding carboxylic acids is 1. The maximum absolute atomic E-state index is 14.3. The molecule has 1 saturated heterocycles. The largest absolute Gasteiger partial charge is 0.344 e. The number of hydrogen-bond acceptors (Lipinski definition) is 5. The number of ether oxygens (including phenoxy) is 2. The lowest BCUT2D eigenvalue weighted by Crippen LogP contribution is -2.75. The number of carbonyl (C=O) groups is 1. The van der Waals surface area contributed by atoms with E-state index in [0.29, 0.717) is 32.2 Å². The van der Waals surface area contributed by atoms with Gasteiger partial charge in [0.15, 0.2) is 0 Å². The van der Waals surface area contributed by atoms with Crippen LogP contribution in [0.15, 0.2) is 42.5 Å². The zero-order chi connectivity index (χ0) is 25.7. The lowest BCUT2D eigenvalue weighted by Gasteiger charge is -2.58. The molecule has 1 heterocycles. The van der Waals surface area contributed by atoms with Crippen molar-refractivity contribution in [2.45, 2.75) is 77.5 Å². The first-order valence-corrected chi connectivity index (χ1v) is 13.4. The summed E-state index contributed by atoms with van der Waals surface area (Å²) in [4.78, 5) is 16.2. The Labute approximate surface area is 213 Å². The molecule has 0 spiro atoms. The Kier molecular flexibility index (Phi) is 9.19. The number of rotatable bonds is 9. The summed E-state index contributed by atoms with van der Waals surface area (Å²) in [6.07, 6.45) is 7.54. The normalized spacial score (nSPS) is 28.3. The van der Waals surface area contributed by atoms with Gasteiger partial charge in [0.1, 0.15) is 5.54 Å². The molecule has 1 aliphatic carbocycles. The van der Waals surface area contributed by atoms with E-state index in [9.17, 15) is 4.79 Å². The Morgan fingerprint density at radius 3 is 2.26 bits per heavy atom. The molecule has 1 aromatic carbocycles. The molecule has 1 aliphatic heterocycles. The average molecular weight is 486 g/mol. The second-order valence-corrected chi connectivity index (χ2v) is 11.1.